The number of rotatable bonds is 3. The van der Waals surface area contributed by atoms with E-state index in [4.69, 9.17) is 16.0 Å². The van der Waals surface area contributed by atoms with Crippen molar-refractivity contribution in [1.29, 1.82) is 0 Å². The van der Waals surface area contributed by atoms with Crippen LogP contribution >= 0.6 is 0 Å². The van der Waals surface area contributed by atoms with Crippen molar-refractivity contribution in [1.82, 2.24) is 4.90 Å². The highest BCUT2D eigenvalue weighted by molar-refractivity contribution is 5.97. The minimum atomic E-state index is -1.01. The van der Waals surface area contributed by atoms with Crippen molar-refractivity contribution in [2.75, 3.05) is 7.05 Å². The Morgan fingerprint density at radius 3 is 2.81 bits per heavy atom. The van der Waals surface area contributed by atoms with Gasteiger partial charge in [0.05, 0.1) is 0 Å². The van der Waals surface area contributed by atoms with Crippen molar-refractivity contribution in [3.05, 3.63) is 35.4 Å². The number of nitrogens with zero attached hydrogens (tertiary/aromatic N) is 2. The summed E-state index contributed by atoms with van der Waals surface area (Å²) in [6.07, 6.45) is -1.01. The van der Waals surface area contributed by atoms with Gasteiger partial charge in [-0.15, -0.1) is 0 Å². The third kappa shape index (κ3) is 2.88. The summed E-state index contributed by atoms with van der Waals surface area (Å²) in [5.74, 6) is -0.000159. The lowest BCUT2D eigenvalue weighted by Gasteiger charge is -2.13. The minimum absolute atomic E-state index is 0.000159. The van der Waals surface area contributed by atoms with E-state index in [-0.39, 0.29) is 12.4 Å². The highest BCUT2D eigenvalue weighted by atomic mass is 16.4. The number of oxime groups is 1. The van der Waals surface area contributed by atoms with E-state index >= 15 is 0 Å². The Morgan fingerprint density at radius 2 is 2.25 bits per heavy atom. The topological polar surface area (TPSA) is 99.1 Å². The SMILES string of the molecule is CN(Cc1cccc(/C(N)=N\O)c1)C(=O)O. The summed E-state index contributed by atoms with van der Waals surface area (Å²) in [6, 6.07) is 6.85. The minimum Gasteiger partial charge on any atom is -0.465 e. The lowest BCUT2D eigenvalue weighted by atomic mass is 10.1. The third-order valence-electron chi connectivity index (χ3n) is 2.08. The molecule has 0 heterocycles. The van der Waals surface area contributed by atoms with Crippen LogP contribution in [0.4, 0.5) is 4.79 Å². The van der Waals surface area contributed by atoms with Gasteiger partial charge in [-0.25, -0.2) is 4.79 Å². The van der Waals surface area contributed by atoms with Crippen LogP contribution in [-0.4, -0.2) is 34.2 Å². The van der Waals surface area contributed by atoms with Crippen LogP contribution < -0.4 is 5.73 Å². The number of nitrogens with two attached hydrogens (primary N) is 1. The van der Waals surface area contributed by atoms with Gasteiger partial charge < -0.3 is 20.9 Å². The highest BCUT2D eigenvalue weighted by Gasteiger charge is 2.07. The van der Waals surface area contributed by atoms with Crippen LogP contribution in [0.1, 0.15) is 11.1 Å². The number of carbonyl (C=O) groups is 1. The first-order chi connectivity index (χ1) is 7.54. The smallest absolute Gasteiger partial charge is 0.407 e. The molecule has 0 aliphatic rings. The molecule has 6 nitrogen and oxygen atoms in total. The molecular formula is C10H13N3O3. The molecule has 0 aliphatic carbocycles. The molecule has 0 radical (unpaired) electrons. The molecular weight excluding hydrogens is 210 g/mol. The predicted octanol–water partition coefficient (Wildman–Crippen LogP) is 0.891. The van der Waals surface area contributed by atoms with Crippen molar-refractivity contribution >= 4 is 11.9 Å². The summed E-state index contributed by atoms with van der Waals surface area (Å²) in [7, 11) is 1.47. The number of amides is 1. The molecule has 0 bridgehead atoms. The fourth-order valence-corrected chi connectivity index (χ4v) is 1.23. The predicted molar refractivity (Wildman–Crippen MR) is 58.4 cm³/mol. The molecule has 16 heavy (non-hydrogen) atoms. The molecule has 0 saturated heterocycles. The van der Waals surface area contributed by atoms with E-state index in [1.54, 1.807) is 24.3 Å². The fourth-order valence-electron chi connectivity index (χ4n) is 1.23. The summed E-state index contributed by atoms with van der Waals surface area (Å²) in [6.45, 7) is 0.252. The second-order valence-electron chi connectivity index (χ2n) is 3.32. The van der Waals surface area contributed by atoms with Gasteiger partial charge in [0.25, 0.3) is 0 Å². The molecule has 1 aromatic rings. The first-order valence-electron chi connectivity index (χ1n) is 4.55. The van der Waals surface area contributed by atoms with Gasteiger partial charge in [-0.2, -0.15) is 0 Å². The van der Waals surface area contributed by atoms with Gasteiger partial charge in [0.1, 0.15) is 0 Å². The van der Waals surface area contributed by atoms with Crippen molar-refractivity contribution in [2.24, 2.45) is 10.9 Å². The van der Waals surface area contributed by atoms with E-state index in [1.807, 2.05) is 0 Å². The molecule has 1 amide bonds. The van der Waals surface area contributed by atoms with Gasteiger partial charge in [-0.3, -0.25) is 0 Å². The maximum atomic E-state index is 10.6. The third-order valence-corrected chi connectivity index (χ3v) is 2.08. The van der Waals surface area contributed by atoms with Crippen LogP contribution in [-0.2, 0) is 6.54 Å². The van der Waals surface area contributed by atoms with Gasteiger partial charge in [0.15, 0.2) is 5.84 Å². The number of hydrogen-bond acceptors (Lipinski definition) is 3. The molecule has 0 aromatic heterocycles. The molecule has 1 rings (SSSR count). The van der Waals surface area contributed by atoms with Crippen LogP contribution in [0.2, 0.25) is 0 Å². The first-order valence-corrected chi connectivity index (χ1v) is 4.55. The quantitative estimate of drug-likeness (QED) is 0.306. The van der Waals surface area contributed by atoms with E-state index in [2.05, 4.69) is 5.16 Å². The van der Waals surface area contributed by atoms with Crippen molar-refractivity contribution in [3.8, 4) is 0 Å². The summed E-state index contributed by atoms with van der Waals surface area (Å²) in [4.78, 5) is 11.8. The molecule has 0 spiro atoms. The summed E-state index contributed by atoms with van der Waals surface area (Å²) in [5.41, 5.74) is 6.75. The first kappa shape index (κ1) is 11.8. The number of hydrogen-bond donors (Lipinski definition) is 3. The molecule has 6 heteroatoms. The maximum Gasteiger partial charge on any atom is 0.407 e. The van der Waals surface area contributed by atoms with Crippen molar-refractivity contribution in [3.63, 3.8) is 0 Å². The van der Waals surface area contributed by atoms with Crippen LogP contribution in [0.15, 0.2) is 29.4 Å². The Kier molecular flexibility index (Phi) is 3.71. The Labute approximate surface area is 92.6 Å². The van der Waals surface area contributed by atoms with Gasteiger partial charge >= 0.3 is 6.09 Å². The Hall–Kier alpha value is -2.24. The second-order valence-corrected chi connectivity index (χ2v) is 3.32. The summed E-state index contributed by atoms with van der Waals surface area (Å²) in [5, 5.41) is 20.1. The van der Waals surface area contributed by atoms with Gasteiger partial charge in [0, 0.05) is 19.2 Å². The lowest BCUT2D eigenvalue weighted by molar-refractivity contribution is 0.153. The standard InChI is InChI=1S/C10H13N3O3/c1-13(10(14)15)6-7-3-2-4-8(5-7)9(11)12-16/h2-5,16H,6H2,1H3,(H2,11,12)(H,14,15). The van der Waals surface area contributed by atoms with E-state index in [1.165, 1.54) is 7.05 Å². The number of carboxylic acid groups (broad SMARTS) is 1. The lowest BCUT2D eigenvalue weighted by Crippen LogP contribution is -2.24. The second kappa shape index (κ2) is 5.01. The van der Waals surface area contributed by atoms with Crippen LogP contribution in [0.25, 0.3) is 0 Å². The van der Waals surface area contributed by atoms with Gasteiger partial charge in [0.2, 0.25) is 0 Å². The average molecular weight is 223 g/mol. The molecule has 0 atom stereocenters. The van der Waals surface area contributed by atoms with Crippen LogP contribution in [0.5, 0.6) is 0 Å². The zero-order valence-corrected chi connectivity index (χ0v) is 8.79. The summed E-state index contributed by atoms with van der Waals surface area (Å²) >= 11 is 0. The van der Waals surface area contributed by atoms with Crippen molar-refractivity contribution in [2.45, 2.75) is 6.54 Å². The van der Waals surface area contributed by atoms with Crippen LogP contribution in [0, 0.1) is 0 Å². The molecule has 86 valence electrons. The molecule has 1 aromatic carbocycles. The molecule has 0 unspecified atom stereocenters. The summed E-state index contributed by atoms with van der Waals surface area (Å²) < 4.78 is 0. The molecule has 0 saturated carbocycles. The Balaban J connectivity index is 2.87. The van der Waals surface area contributed by atoms with Gasteiger partial charge in [-0.05, 0) is 11.6 Å². The zero-order chi connectivity index (χ0) is 12.1. The van der Waals surface area contributed by atoms with Crippen molar-refractivity contribution < 1.29 is 15.1 Å². The average Bonchev–Trinajstić information content (AvgIpc) is 2.28. The van der Waals surface area contributed by atoms with E-state index in [0.717, 1.165) is 10.5 Å². The van der Waals surface area contributed by atoms with Gasteiger partial charge in [-0.1, -0.05) is 23.4 Å². The fraction of sp³-hybridized carbons (Fsp3) is 0.200. The van der Waals surface area contributed by atoms with E-state index in [9.17, 15) is 4.79 Å². The molecule has 0 aliphatic heterocycles. The maximum absolute atomic E-state index is 10.6. The Morgan fingerprint density at radius 1 is 1.56 bits per heavy atom. The highest BCUT2D eigenvalue weighted by Crippen LogP contribution is 2.07. The number of amidine groups is 1. The van der Waals surface area contributed by atoms with E-state index in [0.29, 0.717) is 5.56 Å². The van der Waals surface area contributed by atoms with Crippen LogP contribution in [0.3, 0.4) is 0 Å². The number of benzene rings is 1. The normalized spacial score (nSPS) is 11.2. The monoisotopic (exact) mass is 223 g/mol. The zero-order valence-electron chi connectivity index (χ0n) is 8.79. The largest absolute Gasteiger partial charge is 0.465 e. The molecule has 0 fully saturated rings. The molecule has 4 N–H and O–H groups in total. The Bertz CT molecular complexity index is 418. The van der Waals surface area contributed by atoms with E-state index < -0.39 is 6.09 Å².